The van der Waals surface area contributed by atoms with E-state index in [0.29, 0.717) is 11.7 Å². The van der Waals surface area contributed by atoms with Crippen molar-refractivity contribution in [3.8, 4) is 0 Å². The monoisotopic (exact) mass is 245 g/mol. The number of hydrogen-bond donors (Lipinski definition) is 1. The van der Waals surface area contributed by atoms with Gasteiger partial charge in [-0.05, 0) is 30.9 Å². The lowest BCUT2D eigenvalue weighted by Crippen LogP contribution is -2.32. The molecule has 1 heterocycles. The lowest BCUT2D eigenvalue weighted by molar-refractivity contribution is 0.0810. The summed E-state index contributed by atoms with van der Waals surface area (Å²) in [4.78, 5) is 12.6. The maximum absolute atomic E-state index is 12.6. The van der Waals surface area contributed by atoms with E-state index in [0.717, 1.165) is 31.5 Å². The average molecular weight is 245 g/mol. The van der Waals surface area contributed by atoms with Crippen molar-refractivity contribution in [2.45, 2.75) is 39.5 Å². The van der Waals surface area contributed by atoms with Gasteiger partial charge in [0.15, 0.2) is 5.78 Å². The second-order valence-electron chi connectivity index (χ2n) is 5.67. The summed E-state index contributed by atoms with van der Waals surface area (Å²) in [5, 5.41) is 3.32. The van der Waals surface area contributed by atoms with Gasteiger partial charge in [-0.3, -0.25) is 4.79 Å². The maximum Gasteiger partial charge on any atom is 0.170 e. The Morgan fingerprint density at radius 3 is 2.44 bits per heavy atom. The van der Waals surface area contributed by atoms with Crippen LogP contribution in [-0.4, -0.2) is 18.9 Å². The molecule has 2 heteroatoms. The first-order chi connectivity index (χ1) is 8.59. The van der Waals surface area contributed by atoms with E-state index in [2.05, 4.69) is 38.2 Å². The van der Waals surface area contributed by atoms with Gasteiger partial charge in [0.1, 0.15) is 0 Å². The van der Waals surface area contributed by atoms with Gasteiger partial charge in [0.2, 0.25) is 0 Å². The van der Waals surface area contributed by atoms with Gasteiger partial charge in [0, 0.05) is 17.5 Å². The third-order valence-electron chi connectivity index (χ3n) is 4.24. The Kier molecular flexibility index (Phi) is 3.86. The van der Waals surface area contributed by atoms with E-state index >= 15 is 0 Å². The summed E-state index contributed by atoms with van der Waals surface area (Å²) >= 11 is 0. The van der Waals surface area contributed by atoms with Crippen LogP contribution in [0, 0.1) is 5.41 Å². The number of hydrogen-bond acceptors (Lipinski definition) is 2. The number of carbonyl (C=O) groups is 1. The number of rotatable bonds is 4. The van der Waals surface area contributed by atoms with Gasteiger partial charge < -0.3 is 5.32 Å². The summed E-state index contributed by atoms with van der Waals surface area (Å²) in [5.41, 5.74) is 1.99. The number of carbonyl (C=O) groups excluding carboxylic acids is 1. The van der Waals surface area contributed by atoms with E-state index in [1.54, 1.807) is 0 Å². The van der Waals surface area contributed by atoms with Crippen molar-refractivity contribution in [1.82, 2.24) is 5.32 Å². The fraction of sp³-hybridized carbons (Fsp3) is 0.562. The molecule has 98 valence electrons. The van der Waals surface area contributed by atoms with Crippen LogP contribution in [0.4, 0.5) is 0 Å². The molecular formula is C16H23NO. The summed E-state index contributed by atoms with van der Waals surface area (Å²) in [6.07, 6.45) is 1.89. The fourth-order valence-corrected chi connectivity index (χ4v) is 2.73. The van der Waals surface area contributed by atoms with E-state index < -0.39 is 0 Å². The quantitative estimate of drug-likeness (QED) is 0.824. The van der Waals surface area contributed by atoms with Crippen molar-refractivity contribution in [3.05, 3.63) is 35.4 Å². The Balaban J connectivity index is 2.23. The highest BCUT2D eigenvalue weighted by molar-refractivity contribution is 6.01. The third kappa shape index (κ3) is 2.35. The van der Waals surface area contributed by atoms with Crippen LogP contribution in [0.5, 0.6) is 0 Å². The second kappa shape index (κ2) is 5.23. The molecule has 1 unspecified atom stereocenters. The molecule has 1 aromatic rings. The molecule has 0 aliphatic carbocycles. The van der Waals surface area contributed by atoms with Gasteiger partial charge in [-0.15, -0.1) is 0 Å². The molecule has 1 aliphatic heterocycles. The zero-order chi connectivity index (χ0) is 13.2. The van der Waals surface area contributed by atoms with Gasteiger partial charge in [-0.1, -0.05) is 45.0 Å². The lowest BCUT2D eigenvalue weighted by Gasteiger charge is -2.25. The SMILES string of the molecule is CCC1(C(=O)c2ccc(C(C)C)cc2)CCNC1. The van der Waals surface area contributed by atoms with Crippen molar-refractivity contribution < 1.29 is 4.79 Å². The molecule has 1 saturated heterocycles. The molecule has 1 aromatic carbocycles. The molecule has 2 rings (SSSR count). The average Bonchev–Trinajstić information content (AvgIpc) is 2.88. The smallest absolute Gasteiger partial charge is 0.170 e. The van der Waals surface area contributed by atoms with E-state index in [1.165, 1.54) is 5.56 Å². The molecule has 0 radical (unpaired) electrons. The molecule has 0 saturated carbocycles. The predicted molar refractivity (Wildman–Crippen MR) is 75.1 cm³/mol. The third-order valence-corrected chi connectivity index (χ3v) is 4.24. The van der Waals surface area contributed by atoms with Crippen LogP contribution in [0.25, 0.3) is 0 Å². The van der Waals surface area contributed by atoms with Crippen LogP contribution in [-0.2, 0) is 0 Å². The molecule has 0 aromatic heterocycles. The van der Waals surface area contributed by atoms with Crippen molar-refractivity contribution in [2.75, 3.05) is 13.1 Å². The van der Waals surface area contributed by atoms with Crippen LogP contribution in [0.2, 0.25) is 0 Å². The number of benzene rings is 1. The molecule has 0 spiro atoms. The molecule has 1 N–H and O–H groups in total. The summed E-state index contributed by atoms with van der Waals surface area (Å²) in [7, 11) is 0. The molecule has 2 nitrogen and oxygen atoms in total. The van der Waals surface area contributed by atoms with Gasteiger partial charge in [-0.25, -0.2) is 0 Å². The Bertz CT molecular complexity index is 413. The van der Waals surface area contributed by atoms with Crippen molar-refractivity contribution in [1.29, 1.82) is 0 Å². The predicted octanol–water partition coefficient (Wildman–Crippen LogP) is 3.38. The minimum absolute atomic E-state index is 0.167. The first kappa shape index (κ1) is 13.3. The number of Topliss-reactive ketones (excluding diaryl/α,β-unsaturated/α-hetero) is 1. The first-order valence-corrected chi connectivity index (χ1v) is 6.94. The second-order valence-corrected chi connectivity index (χ2v) is 5.67. The van der Waals surface area contributed by atoms with Gasteiger partial charge in [-0.2, -0.15) is 0 Å². The highest BCUT2D eigenvalue weighted by atomic mass is 16.1. The van der Waals surface area contributed by atoms with Crippen LogP contribution in [0.1, 0.15) is 55.5 Å². The zero-order valence-corrected chi connectivity index (χ0v) is 11.6. The van der Waals surface area contributed by atoms with E-state index in [9.17, 15) is 4.79 Å². The minimum Gasteiger partial charge on any atom is -0.316 e. The van der Waals surface area contributed by atoms with E-state index in [4.69, 9.17) is 0 Å². The molecule has 1 fully saturated rings. The zero-order valence-electron chi connectivity index (χ0n) is 11.6. The summed E-state index contributed by atoms with van der Waals surface area (Å²) < 4.78 is 0. The van der Waals surface area contributed by atoms with Gasteiger partial charge in [0.05, 0.1) is 0 Å². The Morgan fingerprint density at radius 2 is 2.00 bits per heavy atom. The highest BCUT2D eigenvalue weighted by Gasteiger charge is 2.39. The number of nitrogens with one attached hydrogen (secondary N) is 1. The molecule has 1 aliphatic rings. The van der Waals surface area contributed by atoms with Crippen molar-refractivity contribution in [3.63, 3.8) is 0 Å². The molecular weight excluding hydrogens is 222 g/mol. The Morgan fingerprint density at radius 1 is 1.33 bits per heavy atom. The molecule has 0 bridgehead atoms. The summed E-state index contributed by atoms with van der Waals surface area (Å²) in [6.45, 7) is 8.25. The van der Waals surface area contributed by atoms with Crippen LogP contribution < -0.4 is 5.32 Å². The van der Waals surface area contributed by atoms with Crippen LogP contribution in [0.3, 0.4) is 0 Å². The molecule has 1 atom stereocenters. The van der Waals surface area contributed by atoms with E-state index in [-0.39, 0.29) is 5.41 Å². The van der Waals surface area contributed by atoms with Crippen molar-refractivity contribution >= 4 is 5.78 Å². The summed E-state index contributed by atoms with van der Waals surface area (Å²) in [5.74, 6) is 0.827. The normalized spacial score (nSPS) is 23.6. The maximum atomic E-state index is 12.6. The van der Waals surface area contributed by atoms with Gasteiger partial charge >= 0.3 is 0 Å². The largest absolute Gasteiger partial charge is 0.316 e. The Hall–Kier alpha value is -1.15. The lowest BCUT2D eigenvalue weighted by atomic mass is 9.77. The Labute approximate surface area is 110 Å². The van der Waals surface area contributed by atoms with E-state index in [1.807, 2.05) is 12.1 Å². The minimum atomic E-state index is -0.167. The van der Waals surface area contributed by atoms with Crippen molar-refractivity contribution in [2.24, 2.45) is 5.41 Å². The van der Waals surface area contributed by atoms with Crippen LogP contribution >= 0.6 is 0 Å². The molecule has 0 amide bonds. The van der Waals surface area contributed by atoms with Crippen LogP contribution in [0.15, 0.2) is 24.3 Å². The summed E-state index contributed by atoms with van der Waals surface area (Å²) in [6, 6.07) is 8.16. The standard InChI is InChI=1S/C16H23NO/c1-4-16(9-10-17-11-16)15(18)14-7-5-13(6-8-14)12(2)3/h5-8,12,17H,4,9-11H2,1-3H3. The fourth-order valence-electron chi connectivity index (χ4n) is 2.73. The highest BCUT2D eigenvalue weighted by Crippen LogP contribution is 2.33. The topological polar surface area (TPSA) is 29.1 Å². The first-order valence-electron chi connectivity index (χ1n) is 6.94. The van der Waals surface area contributed by atoms with Gasteiger partial charge in [0.25, 0.3) is 0 Å². The molecule has 18 heavy (non-hydrogen) atoms. The number of ketones is 1.